The summed E-state index contributed by atoms with van der Waals surface area (Å²) in [5, 5.41) is 2.70. The van der Waals surface area contributed by atoms with Crippen LogP contribution in [0.2, 0.25) is 0 Å². The lowest BCUT2D eigenvalue weighted by molar-refractivity contribution is 0.0787. The summed E-state index contributed by atoms with van der Waals surface area (Å²) >= 11 is 3.29. The number of amides is 2. The van der Waals surface area contributed by atoms with Crippen LogP contribution in [0.25, 0.3) is 0 Å². The van der Waals surface area contributed by atoms with Gasteiger partial charge in [0, 0.05) is 30.0 Å². The molecule has 1 atom stereocenters. The van der Waals surface area contributed by atoms with E-state index in [1.165, 1.54) is 13.3 Å². The fraction of sp³-hybridized carbons (Fsp3) is 0.417. The van der Waals surface area contributed by atoms with E-state index in [1.807, 2.05) is 0 Å². The molecule has 1 fully saturated rings. The van der Waals surface area contributed by atoms with Gasteiger partial charge in [-0.25, -0.2) is 4.79 Å². The number of rotatable bonds is 2. The SMILES string of the molecule is COC(=O)NC1CCN(C(=O)c2cncc(Br)c2)C1. The molecule has 2 amide bonds. The Hall–Kier alpha value is -1.63. The predicted molar refractivity (Wildman–Crippen MR) is 71.8 cm³/mol. The zero-order chi connectivity index (χ0) is 13.8. The Morgan fingerprint density at radius 1 is 1.53 bits per heavy atom. The number of ether oxygens (including phenoxy) is 1. The first-order chi connectivity index (χ1) is 9.10. The van der Waals surface area contributed by atoms with Crippen molar-refractivity contribution in [3.8, 4) is 0 Å². The Kier molecular flexibility index (Phi) is 4.36. The monoisotopic (exact) mass is 327 g/mol. The van der Waals surface area contributed by atoms with Crippen molar-refractivity contribution in [1.29, 1.82) is 0 Å². The maximum atomic E-state index is 12.2. The number of methoxy groups -OCH3 is 1. The van der Waals surface area contributed by atoms with Gasteiger partial charge in [-0.3, -0.25) is 9.78 Å². The van der Waals surface area contributed by atoms with E-state index >= 15 is 0 Å². The zero-order valence-electron chi connectivity index (χ0n) is 10.4. The lowest BCUT2D eigenvalue weighted by Crippen LogP contribution is -2.38. The molecule has 6 nitrogen and oxygen atoms in total. The summed E-state index contributed by atoms with van der Waals surface area (Å²) in [6, 6.07) is 1.67. The summed E-state index contributed by atoms with van der Waals surface area (Å²) in [6.07, 6.45) is 3.42. The fourth-order valence-corrected chi connectivity index (χ4v) is 2.36. The van der Waals surface area contributed by atoms with Gasteiger partial charge in [0.15, 0.2) is 0 Å². The molecule has 7 heteroatoms. The van der Waals surface area contributed by atoms with E-state index in [9.17, 15) is 9.59 Å². The van der Waals surface area contributed by atoms with Crippen molar-refractivity contribution >= 4 is 27.9 Å². The standard InChI is InChI=1S/C12H14BrN3O3/c1-19-12(18)15-10-2-3-16(7-10)11(17)8-4-9(13)6-14-5-8/h4-6,10H,2-3,7H2,1H3,(H,15,18). The van der Waals surface area contributed by atoms with Crippen LogP contribution in [0.3, 0.4) is 0 Å². The summed E-state index contributed by atoms with van der Waals surface area (Å²) in [6.45, 7) is 1.10. The van der Waals surface area contributed by atoms with E-state index in [0.717, 1.165) is 10.9 Å². The molecule has 1 aromatic heterocycles. The van der Waals surface area contributed by atoms with Crippen LogP contribution in [-0.4, -0.2) is 48.1 Å². The Balaban J connectivity index is 1.97. The number of aromatic nitrogens is 1. The van der Waals surface area contributed by atoms with Crippen LogP contribution in [0, 0.1) is 0 Å². The van der Waals surface area contributed by atoms with Gasteiger partial charge in [0.2, 0.25) is 0 Å². The molecule has 1 N–H and O–H groups in total. The number of hydrogen-bond acceptors (Lipinski definition) is 4. The van der Waals surface area contributed by atoms with Crippen molar-refractivity contribution in [2.24, 2.45) is 0 Å². The molecular weight excluding hydrogens is 314 g/mol. The predicted octanol–water partition coefficient (Wildman–Crippen LogP) is 1.41. The number of pyridine rings is 1. The molecule has 2 heterocycles. The molecule has 1 aromatic rings. The molecule has 1 unspecified atom stereocenters. The van der Waals surface area contributed by atoms with Crippen LogP contribution >= 0.6 is 15.9 Å². The summed E-state index contributed by atoms with van der Waals surface area (Å²) < 4.78 is 5.30. The second kappa shape index (κ2) is 6.01. The second-order valence-electron chi connectivity index (χ2n) is 4.26. The number of nitrogens with zero attached hydrogens (tertiary/aromatic N) is 2. The molecule has 0 spiro atoms. The molecule has 0 saturated carbocycles. The lowest BCUT2D eigenvalue weighted by Gasteiger charge is -2.16. The van der Waals surface area contributed by atoms with Crippen molar-refractivity contribution in [2.75, 3.05) is 20.2 Å². The number of alkyl carbamates (subject to hydrolysis) is 1. The van der Waals surface area contributed by atoms with Crippen molar-refractivity contribution in [1.82, 2.24) is 15.2 Å². The van der Waals surface area contributed by atoms with Gasteiger partial charge >= 0.3 is 6.09 Å². The average Bonchev–Trinajstić information content (AvgIpc) is 2.86. The topological polar surface area (TPSA) is 71.5 Å². The van der Waals surface area contributed by atoms with Crippen LogP contribution in [0.1, 0.15) is 16.8 Å². The second-order valence-corrected chi connectivity index (χ2v) is 5.18. The molecule has 1 aliphatic heterocycles. The highest BCUT2D eigenvalue weighted by atomic mass is 79.9. The zero-order valence-corrected chi connectivity index (χ0v) is 12.0. The number of nitrogens with one attached hydrogen (secondary N) is 1. The number of halogens is 1. The highest BCUT2D eigenvalue weighted by molar-refractivity contribution is 9.10. The van der Waals surface area contributed by atoms with Gasteiger partial charge < -0.3 is 15.0 Å². The van der Waals surface area contributed by atoms with Crippen LogP contribution in [0.4, 0.5) is 4.79 Å². The van der Waals surface area contributed by atoms with Gasteiger partial charge in [-0.1, -0.05) is 0 Å². The maximum Gasteiger partial charge on any atom is 0.407 e. The van der Waals surface area contributed by atoms with Crippen molar-refractivity contribution < 1.29 is 14.3 Å². The van der Waals surface area contributed by atoms with Crippen LogP contribution < -0.4 is 5.32 Å². The molecule has 1 aliphatic rings. The fourth-order valence-electron chi connectivity index (χ4n) is 2.00. The first-order valence-electron chi connectivity index (χ1n) is 5.84. The number of hydrogen-bond donors (Lipinski definition) is 1. The highest BCUT2D eigenvalue weighted by Gasteiger charge is 2.28. The van der Waals surface area contributed by atoms with Gasteiger partial charge in [-0.2, -0.15) is 0 Å². The minimum absolute atomic E-state index is 0.0588. The smallest absolute Gasteiger partial charge is 0.407 e. The van der Waals surface area contributed by atoms with E-state index in [2.05, 4.69) is 31.0 Å². The van der Waals surface area contributed by atoms with Gasteiger partial charge in [0.25, 0.3) is 5.91 Å². The summed E-state index contributed by atoms with van der Waals surface area (Å²) in [7, 11) is 1.32. The van der Waals surface area contributed by atoms with Crippen LogP contribution in [0.15, 0.2) is 22.9 Å². The minimum atomic E-state index is -0.469. The van der Waals surface area contributed by atoms with Crippen molar-refractivity contribution in [3.63, 3.8) is 0 Å². The number of carbonyl (C=O) groups excluding carboxylic acids is 2. The van der Waals surface area contributed by atoms with Gasteiger partial charge in [-0.15, -0.1) is 0 Å². The normalized spacial score (nSPS) is 18.2. The summed E-state index contributed by atoms with van der Waals surface area (Å²) in [5.74, 6) is -0.0806. The third kappa shape index (κ3) is 3.44. The Bertz CT molecular complexity index is 495. The molecule has 0 aliphatic carbocycles. The molecule has 0 aromatic carbocycles. The third-order valence-corrected chi connectivity index (χ3v) is 3.37. The summed E-state index contributed by atoms with van der Waals surface area (Å²) in [5.41, 5.74) is 0.535. The molecule has 19 heavy (non-hydrogen) atoms. The van der Waals surface area contributed by atoms with Crippen LogP contribution in [0.5, 0.6) is 0 Å². The number of carbonyl (C=O) groups is 2. The molecule has 102 valence electrons. The average molecular weight is 328 g/mol. The lowest BCUT2D eigenvalue weighted by atomic mass is 10.2. The van der Waals surface area contributed by atoms with E-state index in [4.69, 9.17) is 0 Å². The van der Waals surface area contributed by atoms with E-state index in [1.54, 1.807) is 17.2 Å². The Labute approximate surface area is 119 Å². The van der Waals surface area contributed by atoms with E-state index in [-0.39, 0.29) is 11.9 Å². The molecule has 1 saturated heterocycles. The quantitative estimate of drug-likeness (QED) is 0.891. The maximum absolute atomic E-state index is 12.2. The molecular formula is C12H14BrN3O3. The van der Waals surface area contributed by atoms with Crippen molar-refractivity contribution in [3.05, 3.63) is 28.5 Å². The molecule has 0 bridgehead atoms. The first-order valence-corrected chi connectivity index (χ1v) is 6.63. The third-order valence-electron chi connectivity index (χ3n) is 2.93. The summed E-state index contributed by atoms with van der Waals surface area (Å²) in [4.78, 5) is 29.0. The number of likely N-dealkylation sites (tertiary alicyclic amines) is 1. The molecule has 0 radical (unpaired) electrons. The van der Waals surface area contributed by atoms with Gasteiger partial charge in [0.1, 0.15) is 0 Å². The van der Waals surface area contributed by atoms with Crippen molar-refractivity contribution in [2.45, 2.75) is 12.5 Å². The Morgan fingerprint density at radius 2 is 2.32 bits per heavy atom. The first kappa shape index (κ1) is 13.8. The highest BCUT2D eigenvalue weighted by Crippen LogP contribution is 2.16. The van der Waals surface area contributed by atoms with Gasteiger partial charge in [0.05, 0.1) is 18.7 Å². The molecule has 2 rings (SSSR count). The van der Waals surface area contributed by atoms with E-state index < -0.39 is 6.09 Å². The Morgan fingerprint density at radius 3 is 3.00 bits per heavy atom. The van der Waals surface area contributed by atoms with Crippen LogP contribution in [-0.2, 0) is 4.74 Å². The largest absolute Gasteiger partial charge is 0.453 e. The van der Waals surface area contributed by atoms with E-state index in [0.29, 0.717) is 18.7 Å². The van der Waals surface area contributed by atoms with Gasteiger partial charge in [-0.05, 0) is 28.4 Å². The minimum Gasteiger partial charge on any atom is -0.453 e.